The summed E-state index contributed by atoms with van der Waals surface area (Å²) in [6, 6.07) is 8.77. The average molecular weight is 399 g/mol. The van der Waals surface area contributed by atoms with Crippen molar-refractivity contribution >= 4 is 5.91 Å². The molecule has 0 aromatic heterocycles. The number of nitrogens with zero attached hydrogens (tertiary/aromatic N) is 2. The molecular weight excluding hydrogens is 360 g/mol. The number of piperidine rings is 2. The zero-order valence-electron chi connectivity index (χ0n) is 18.1. The summed E-state index contributed by atoms with van der Waals surface area (Å²) >= 11 is 0. The largest absolute Gasteiger partial charge is 0.393 e. The summed E-state index contributed by atoms with van der Waals surface area (Å²) in [6.45, 7) is 6.13. The van der Waals surface area contributed by atoms with E-state index in [0.717, 1.165) is 69.8 Å². The van der Waals surface area contributed by atoms with Gasteiger partial charge in [-0.2, -0.15) is 0 Å². The van der Waals surface area contributed by atoms with Gasteiger partial charge in [0.05, 0.1) is 6.10 Å². The standard InChI is InChI=1S/C25H38N2O2/c1-19-11-12-24(28)22(16-19)23-10-3-6-15-27(23)18-20-8-7-9-21(17-20)25(29)26-13-4-2-5-14-26/h7-9,17,19,22-24,28H,2-6,10-16,18H2,1H3/t19-,22+,23-,24+/m1/s1. The van der Waals surface area contributed by atoms with Crippen LogP contribution in [0.25, 0.3) is 0 Å². The Labute approximate surface area is 176 Å². The lowest BCUT2D eigenvalue weighted by molar-refractivity contribution is -0.0204. The van der Waals surface area contributed by atoms with Crippen LogP contribution in [0.15, 0.2) is 24.3 Å². The van der Waals surface area contributed by atoms with Crippen LogP contribution in [0, 0.1) is 11.8 Å². The number of rotatable bonds is 4. The number of aliphatic hydroxyl groups is 1. The molecule has 0 unspecified atom stereocenters. The molecule has 4 atom stereocenters. The van der Waals surface area contributed by atoms with Crippen LogP contribution < -0.4 is 0 Å². The molecule has 1 N–H and O–H groups in total. The van der Waals surface area contributed by atoms with Crippen molar-refractivity contribution in [2.45, 2.75) is 83.4 Å². The van der Waals surface area contributed by atoms with Crippen molar-refractivity contribution in [1.82, 2.24) is 9.80 Å². The molecule has 0 spiro atoms. The van der Waals surface area contributed by atoms with Gasteiger partial charge in [0, 0.05) is 37.2 Å². The molecule has 2 saturated heterocycles. The molecule has 1 amide bonds. The first-order chi connectivity index (χ1) is 14.1. The second kappa shape index (κ2) is 9.61. The normalized spacial score (nSPS) is 31.6. The molecule has 3 fully saturated rings. The molecule has 0 radical (unpaired) electrons. The monoisotopic (exact) mass is 398 g/mol. The van der Waals surface area contributed by atoms with E-state index in [1.807, 2.05) is 17.0 Å². The third kappa shape index (κ3) is 5.03. The van der Waals surface area contributed by atoms with E-state index < -0.39 is 0 Å². The molecule has 4 rings (SSSR count). The SMILES string of the molecule is C[C@@H]1CC[C@H](O)[C@H]([C@H]2CCCCN2Cc2cccc(C(=O)N3CCCCC3)c2)C1. The maximum absolute atomic E-state index is 12.9. The lowest BCUT2D eigenvalue weighted by Gasteiger charge is -2.45. The summed E-state index contributed by atoms with van der Waals surface area (Å²) < 4.78 is 0. The van der Waals surface area contributed by atoms with E-state index in [4.69, 9.17) is 0 Å². The topological polar surface area (TPSA) is 43.8 Å². The summed E-state index contributed by atoms with van der Waals surface area (Å²) in [5, 5.41) is 10.7. The summed E-state index contributed by atoms with van der Waals surface area (Å²) in [4.78, 5) is 17.5. The van der Waals surface area contributed by atoms with Gasteiger partial charge in [0.15, 0.2) is 0 Å². The third-order valence-electron chi connectivity index (χ3n) is 7.49. The van der Waals surface area contributed by atoms with Crippen LogP contribution in [0.4, 0.5) is 0 Å². The molecular formula is C25H38N2O2. The number of hydrogen-bond donors (Lipinski definition) is 1. The first kappa shape index (κ1) is 20.9. The maximum Gasteiger partial charge on any atom is 0.253 e. The number of likely N-dealkylation sites (tertiary alicyclic amines) is 2. The molecule has 0 bridgehead atoms. The van der Waals surface area contributed by atoms with Gasteiger partial charge in [-0.1, -0.05) is 25.5 Å². The first-order valence-corrected chi connectivity index (χ1v) is 11.9. The van der Waals surface area contributed by atoms with Gasteiger partial charge in [-0.05, 0) is 81.5 Å². The predicted octanol–water partition coefficient (Wildman–Crippen LogP) is 4.46. The molecule has 3 aliphatic rings. The Morgan fingerprint density at radius 1 is 1.03 bits per heavy atom. The minimum atomic E-state index is -0.149. The van der Waals surface area contributed by atoms with Crippen LogP contribution in [0.2, 0.25) is 0 Å². The lowest BCUT2D eigenvalue weighted by atomic mass is 9.74. The Bertz CT molecular complexity index is 685. The quantitative estimate of drug-likeness (QED) is 0.814. The van der Waals surface area contributed by atoms with E-state index in [1.54, 1.807) is 0 Å². The molecule has 4 nitrogen and oxygen atoms in total. The van der Waals surface area contributed by atoms with Gasteiger partial charge in [0.1, 0.15) is 0 Å². The fourth-order valence-electron chi connectivity index (χ4n) is 5.84. The van der Waals surface area contributed by atoms with Crippen molar-refractivity contribution in [2.24, 2.45) is 11.8 Å². The minimum Gasteiger partial charge on any atom is -0.393 e. The van der Waals surface area contributed by atoms with Crippen LogP contribution in [0.5, 0.6) is 0 Å². The van der Waals surface area contributed by atoms with Crippen molar-refractivity contribution in [1.29, 1.82) is 0 Å². The Hall–Kier alpha value is -1.39. The number of carbonyl (C=O) groups excluding carboxylic acids is 1. The Kier molecular flexibility index (Phi) is 6.92. The fraction of sp³-hybridized carbons (Fsp3) is 0.720. The molecule has 2 heterocycles. The van der Waals surface area contributed by atoms with E-state index in [0.29, 0.717) is 12.0 Å². The van der Waals surface area contributed by atoms with Crippen LogP contribution in [0.3, 0.4) is 0 Å². The van der Waals surface area contributed by atoms with E-state index in [9.17, 15) is 9.90 Å². The molecule has 160 valence electrons. The number of hydrogen-bond acceptors (Lipinski definition) is 3. The van der Waals surface area contributed by atoms with E-state index >= 15 is 0 Å². The van der Waals surface area contributed by atoms with E-state index in [1.165, 1.54) is 31.2 Å². The minimum absolute atomic E-state index is 0.149. The Balaban J connectivity index is 1.46. The highest BCUT2D eigenvalue weighted by atomic mass is 16.3. The van der Waals surface area contributed by atoms with Crippen molar-refractivity contribution < 1.29 is 9.90 Å². The molecule has 1 aliphatic carbocycles. The second-order valence-electron chi connectivity index (χ2n) is 9.74. The van der Waals surface area contributed by atoms with Crippen molar-refractivity contribution in [3.8, 4) is 0 Å². The molecule has 1 aromatic carbocycles. The highest BCUT2D eigenvalue weighted by Gasteiger charge is 2.37. The molecule has 4 heteroatoms. The molecule has 1 aromatic rings. The zero-order valence-corrected chi connectivity index (χ0v) is 18.1. The second-order valence-corrected chi connectivity index (χ2v) is 9.74. The van der Waals surface area contributed by atoms with Gasteiger partial charge in [-0.3, -0.25) is 9.69 Å². The van der Waals surface area contributed by atoms with Gasteiger partial charge in [0.25, 0.3) is 5.91 Å². The summed E-state index contributed by atoms with van der Waals surface area (Å²) in [6.07, 6.45) is 10.3. The summed E-state index contributed by atoms with van der Waals surface area (Å²) in [7, 11) is 0. The Morgan fingerprint density at radius 3 is 2.66 bits per heavy atom. The van der Waals surface area contributed by atoms with Crippen LogP contribution in [-0.2, 0) is 6.54 Å². The van der Waals surface area contributed by atoms with Gasteiger partial charge < -0.3 is 10.0 Å². The smallest absolute Gasteiger partial charge is 0.253 e. The lowest BCUT2D eigenvalue weighted by Crippen LogP contribution is -2.49. The third-order valence-corrected chi connectivity index (χ3v) is 7.49. The van der Waals surface area contributed by atoms with Gasteiger partial charge in [-0.15, -0.1) is 0 Å². The average Bonchev–Trinajstić information content (AvgIpc) is 2.76. The number of benzene rings is 1. The van der Waals surface area contributed by atoms with Crippen LogP contribution >= 0.6 is 0 Å². The molecule has 29 heavy (non-hydrogen) atoms. The molecule has 2 aliphatic heterocycles. The maximum atomic E-state index is 12.9. The van der Waals surface area contributed by atoms with Crippen LogP contribution in [-0.4, -0.2) is 52.6 Å². The first-order valence-electron chi connectivity index (χ1n) is 11.9. The van der Waals surface area contributed by atoms with Gasteiger partial charge in [0.2, 0.25) is 0 Å². The highest BCUT2D eigenvalue weighted by molar-refractivity contribution is 5.94. The number of amides is 1. The van der Waals surface area contributed by atoms with Crippen molar-refractivity contribution in [2.75, 3.05) is 19.6 Å². The van der Waals surface area contributed by atoms with E-state index in [-0.39, 0.29) is 12.0 Å². The molecule has 1 saturated carbocycles. The summed E-state index contributed by atoms with van der Waals surface area (Å²) in [5.74, 6) is 1.31. The van der Waals surface area contributed by atoms with Gasteiger partial charge in [-0.25, -0.2) is 0 Å². The fourth-order valence-corrected chi connectivity index (χ4v) is 5.84. The summed E-state index contributed by atoms with van der Waals surface area (Å²) in [5.41, 5.74) is 2.07. The Morgan fingerprint density at radius 2 is 1.83 bits per heavy atom. The zero-order chi connectivity index (χ0) is 20.2. The van der Waals surface area contributed by atoms with E-state index in [2.05, 4.69) is 24.0 Å². The van der Waals surface area contributed by atoms with Crippen LogP contribution in [0.1, 0.15) is 80.6 Å². The number of carbonyl (C=O) groups is 1. The van der Waals surface area contributed by atoms with Crippen molar-refractivity contribution in [3.05, 3.63) is 35.4 Å². The van der Waals surface area contributed by atoms with Gasteiger partial charge >= 0.3 is 0 Å². The predicted molar refractivity (Wildman–Crippen MR) is 117 cm³/mol. The number of aliphatic hydroxyl groups excluding tert-OH is 1. The highest BCUT2D eigenvalue weighted by Crippen LogP contribution is 2.37. The van der Waals surface area contributed by atoms with Crippen molar-refractivity contribution in [3.63, 3.8) is 0 Å².